The van der Waals surface area contributed by atoms with Crippen molar-refractivity contribution in [1.29, 1.82) is 0 Å². The molecule has 2 aromatic carbocycles. The molecule has 1 aliphatic heterocycles. The predicted octanol–water partition coefficient (Wildman–Crippen LogP) is 3.13. The Morgan fingerprint density at radius 2 is 1.96 bits per heavy atom. The lowest BCUT2D eigenvalue weighted by molar-refractivity contribution is -0.111. The Labute approximate surface area is 146 Å². The molecule has 1 amide bonds. The highest BCUT2D eigenvalue weighted by Crippen LogP contribution is 2.40. The van der Waals surface area contributed by atoms with Gasteiger partial charge in [-0.25, -0.2) is 0 Å². The molecule has 0 spiro atoms. The normalized spacial score (nSPS) is 12.7. The number of carbonyl (C=O) groups excluding carboxylic acids is 1. The van der Waals surface area contributed by atoms with E-state index in [1.165, 1.54) is 6.08 Å². The third kappa shape index (κ3) is 4.03. The van der Waals surface area contributed by atoms with Crippen LogP contribution >= 0.6 is 0 Å². The molecule has 6 nitrogen and oxygen atoms in total. The summed E-state index contributed by atoms with van der Waals surface area (Å²) in [4.78, 5) is 12.1. The summed E-state index contributed by atoms with van der Waals surface area (Å²) in [6, 6.07) is 10.8. The van der Waals surface area contributed by atoms with Crippen molar-refractivity contribution in [2.45, 2.75) is 0 Å². The van der Waals surface area contributed by atoms with E-state index < -0.39 is 0 Å². The molecule has 1 N–H and O–H groups in total. The highest BCUT2D eigenvalue weighted by Gasteiger charge is 2.17. The van der Waals surface area contributed by atoms with Gasteiger partial charge in [0, 0.05) is 17.8 Å². The minimum absolute atomic E-state index is 0.248. The molecule has 6 heteroatoms. The first kappa shape index (κ1) is 16.7. The fourth-order valence-electron chi connectivity index (χ4n) is 2.45. The number of hydrogen-bond acceptors (Lipinski definition) is 5. The monoisotopic (exact) mass is 341 g/mol. The van der Waals surface area contributed by atoms with Crippen LogP contribution in [-0.4, -0.2) is 33.3 Å². The van der Waals surface area contributed by atoms with E-state index in [0.717, 1.165) is 5.56 Å². The average molecular weight is 341 g/mol. The number of amides is 1. The Morgan fingerprint density at radius 1 is 1.12 bits per heavy atom. The van der Waals surface area contributed by atoms with Gasteiger partial charge in [0.2, 0.25) is 11.7 Å². The minimum Gasteiger partial charge on any atom is -0.497 e. The fourth-order valence-corrected chi connectivity index (χ4v) is 2.45. The highest BCUT2D eigenvalue weighted by atomic mass is 16.6. The first-order valence-corrected chi connectivity index (χ1v) is 7.80. The number of benzene rings is 2. The summed E-state index contributed by atoms with van der Waals surface area (Å²) < 4.78 is 21.6. The second-order valence-corrected chi connectivity index (χ2v) is 5.30. The molecule has 0 radical (unpaired) electrons. The molecule has 0 unspecified atom stereocenters. The molecule has 0 atom stereocenters. The van der Waals surface area contributed by atoms with E-state index in [-0.39, 0.29) is 5.91 Å². The average Bonchev–Trinajstić information content (AvgIpc) is 2.65. The lowest BCUT2D eigenvalue weighted by atomic mass is 10.1. The zero-order valence-corrected chi connectivity index (χ0v) is 14.1. The highest BCUT2D eigenvalue weighted by molar-refractivity contribution is 6.02. The molecule has 130 valence electrons. The molecular weight excluding hydrogens is 322 g/mol. The van der Waals surface area contributed by atoms with Gasteiger partial charge < -0.3 is 24.3 Å². The molecule has 2 aromatic rings. The summed E-state index contributed by atoms with van der Waals surface area (Å²) in [6.07, 6.45) is 3.14. The van der Waals surface area contributed by atoms with Crippen LogP contribution in [0.5, 0.6) is 23.0 Å². The lowest BCUT2D eigenvalue weighted by Gasteiger charge is -2.20. The van der Waals surface area contributed by atoms with Crippen molar-refractivity contribution in [1.82, 2.24) is 0 Å². The van der Waals surface area contributed by atoms with E-state index in [9.17, 15) is 4.79 Å². The van der Waals surface area contributed by atoms with Gasteiger partial charge in [0.15, 0.2) is 11.5 Å². The van der Waals surface area contributed by atoms with E-state index in [1.54, 1.807) is 38.5 Å². The van der Waals surface area contributed by atoms with E-state index in [1.807, 2.05) is 18.2 Å². The first-order chi connectivity index (χ1) is 12.2. The molecule has 0 aromatic heterocycles. The second-order valence-electron chi connectivity index (χ2n) is 5.30. The first-order valence-electron chi connectivity index (χ1n) is 7.80. The van der Waals surface area contributed by atoms with Gasteiger partial charge in [-0.15, -0.1) is 0 Å². The van der Waals surface area contributed by atoms with E-state index in [0.29, 0.717) is 41.9 Å². The number of hydrogen-bond donors (Lipinski definition) is 1. The molecule has 0 bridgehead atoms. The van der Waals surface area contributed by atoms with Crippen molar-refractivity contribution in [3.63, 3.8) is 0 Å². The van der Waals surface area contributed by atoms with E-state index in [4.69, 9.17) is 18.9 Å². The quantitative estimate of drug-likeness (QED) is 0.847. The molecule has 3 rings (SSSR count). The Kier molecular flexibility index (Phi) is 5.09. The number of methoxy groups -OCH3 is 2. The smallest absolute Gasteiger partial charge is 0.248 e. The standard InChI is InChI=1S/C19H19NO5/c1-22-15-5-3-4-14(12-15)20-18(21)7-6-13-10-16(23-2)19-17(11-13)24-8-9-25-19/h3-7,10-12H,8-9H2,1-2H3,(H,20,21)/b7-6+. The minimum atomic E-state index is -0.248. The number of ether oxygens (including phenoxy) is 4. The van der Waals surface area contributed by atoms with Crippen LogP contribution in [0.3, 0.4) is 0 Å². The van der Waals surface area contributed by atoms with Crippen LogP contribution in [0.2, 0.25) is 0 Å². The number of nitrogens with one attached hydrogen (secondary N) is 1. The van der Waals surface area contributed by atoms with Crippen molar-refractivity contribution in [3.05, 3.63) is 48.0 Å². The van der Waals surface area contributed by atoms with Crippen molar-refractivity contribution in [3.8, 4) is 23.0 Å². The van der Waals surface area contributed by atoms with Gasteiger partial charge in [0.25, 0.3) is 0 Å². The third-order valence-electron chi connectivity index (χ3n) is 3.61. The Balaban J connectivity index is 1.73. The Hall–Kier alpha value is -3.15. The molecule has 1 heterocycles. The van der Waals surface area contributed by atoms with Crippen LogP contribution in [0.1, 0.15) is 5.56 Å². The molecule has 0 saturated heterocycles. The summed E-state index contributed by atoms with van der Waals surface area (Å²) in [5, 5.41) is 2.78. The van der Waals surface area contributed by atoms with Crippen LogP contribution in [0.4, 0.5) is 5.69 Å². The van der Waals surface area contributed by atoms with Crippen molar-refractivity contribution in [2.75, 3.05) is 32.8 Å². The van der Waals surface area contributed by atoms with Crippen molar-refractivity contribution in [2.24, 2.45) is 0 Å². The zero-order valence-electron chi connectivity index (χ0n) is 14.1. The van der Waals surface area contributed by atoms with Gasteiger partial charge in [0.05, 0.1) is 14.2 Å². The summed E-state index contributed by atoms with van der Waals surface area (Å²) in [5.41, 5.74) is 1.44. The van der Waals surface area contributed by atoms with Crippen LogP contribution in [-0.2, 0) is 4.79 Å². The summed E-state index contributed by atoms with van der Waals surface area (Å²) in [6.45, 7) is 0.973. The molecule has 0 saturated carbocycles. The van der Waals surface area contributed by atoms with E-state index >= 15 is 0 Å². The Morgan fingerprint density at radius 3 is 2.76 bits per heavy atom. The molecule has 25 heavy (non-hydrogen) atoms. The molecular formula is C19H19NO5. The number of rotatable bonds is 5. The van der Waals surface area contributed by atoms with Gasteiger partial charge in [-0.2, -0.15) is 0 Å². The maximum Gasteiger partial charge on any atom is 0.248 e. The maximum absolute atomic E-state index is 12.1. The Bertz CT molecular complexity index is 783. The maximum atomic E-state index is 12.1. The number of carbonyl (C=O) groups is 1. The fraction of sp³-hybridized carbons (Fsp3) is 0.211. The molecule has 1 aliphatic rings. The van der Waals surface area contributed by atoms with Gasteiger partial charge in [-0.05, 0) is 35.9 Å². The van der Waals surface area contributed by atoms with Crippen molar-refractivity contribution >= 4 is 17.7 Å². The van der Waals surface area contributed by atoms with Crippen LogP contribution in [0.15, 0.2) is 42.5 Å². The largest absolute Gasteiger partial charge is 0.497 e. The van der Waals surface area contributed by atoms with Crippen LogP contribution < -0.4 is 24.3 Å². The topological polar surface area (TPSA) is 66.0 Å². The van der Waals surface area contributed by atoms with Crippen LogP contribution in [0.25, 0.3) is 6.08 Å². The van der Waals surface area contributed by atoms with Gasteiger partial charge in [-0.1, -0.05) is 6.07 Å². The summed E-state index contributed by atoms with van der Waals surface area (Å²) >= 11 is 0. The number of fused-ring (bicyclic) bond motifs is 1. The lowest BCUT2D eigenvalue weighted by Crippen LogP contribution is -2.16. The van der Waals surface area contributed by atoms with Crippen molar-refractivity contribution < 1.29 is 23.7 Å². The molecule has 0 fully saturated rings. The van der Waals surface area contributed by atoms with Gasteiger partial charge in [0.1, 0.15) is 19.0 Å². The second kappa shape index (κ2) is 7.61. The van der Waals surface area contributed by atoms with Crippen LogP contribution in [0, 0.1) is 0 Å². The number of anilines is 1. The van der Waals surface area contributed by atoms with E-state index in [2.05, 4.69) is 5.32 Å². The summed E-state index contributed by atoms with van der Waals surface area (Å²) in [7, 11) is 3.15. The zero-order chi connectivity index (χ0) is 17.6. The van der Waals surface area contributed by atoms with Gasteiger partial charge in [-0.3, -0.25) is 4.79 Å². The SMILES string of the molecule is COc1cccc(NC(=O)/C=C/c2cc(OC)c3c(c2)OCCO3)c1. The predicted molar refractivity (Wildman–Crippen MR) is 94.6 cm³/mol. The van der Waals surface area contributed by atoms with Gasteiger partial charge >= 0.3 is 0 Å². The third-order valence-corrected chi connectivity index (χ3v) is 3.61. The summed E-state index contributed by atoms with van der Waals surface area (Å²) in [5.74, 6) is 2.20. The molecule has 0 aliphatic carbocycles.